The number of rotatable bonds is 3. The number of ether oxygens (including phenoxy) is 1. The summed E-state index contributed by atoms with van der Waals surface area (Å²) >= 11 is 0. The maximum atomic E-state index is 12.8. The number of cyclic esters (lactones) is 1. The number of carbonyl (C=O) groups is 2. The van der Waals surface area contributed by atoms with E-state index in [4.69, 9.17) is 4.74 Å². The van der Waals surface area contributed by atoms with E-state index >= 15 is 0 Å². The number of pyridine rings is 1. The number of aromatic nitrogens is 3. The fourth-order valence-electron chi connectivity index (χ4n) is 4.57. The van der Waals surface area contributed by atoms with Gasteiger partial charge in [0.25, 0.3) is 5.91 Å². The predicted molar refractivity (Wildman–Crippen MR) is 108 cm³/mol. The summed E-state index contributed by atoms with van der Waals surface area (Å²) in [5.41, 5.74) is 1.43. The van der Waals surface area contributed by atoms with E-state index in [-0.39, 0.29) is 29.4 Å². The minimum absolute atomic E-state index is 0.0484. The highest BCUT2D eigenvalue weighted by Gasteiger charge is 2.51. The first-order valence-corrected chi connectivity index (χ1v) is 10.1. The zero-order valence-corrected chi connectivity index (χ0v) is 16.4. The highest BCUT2D eigenvalue weighted by Crippen LogP contribution is 2.44. The summed E-state index contributed by atoms with van der Waals surface area (Å²) in [5, 5.41) is 9.90. The van der Waals surface area contributed by atoms with Crippen LogP contribution in [0.2, 0.25) is 0 Å². The fraction of sp³-hybridized carbons (Fsp3) is 0.364. The molecule has 2 aliphatic rings. The third-order valence-electron chi connectivity index (χ3n) is 6.25. The molecule has 1 aromatic carbocycles. The lowest BCUT2D eigenvalue weighted by molar-refractivity contribution is -0.150. The maximum absolute atomic E-state index is 12.8. The molecule has 2 saturated heterocycles. The molecular formula is C22H22N4O4. The van der Waals surface area contributed by atoms with Crippen molar-refractivity contribution in [3.05, 3.63) is 54.6 Å². The average molecular weight is 406 g/mol. The molecule has 8 nitrogen and oxygen atoms in total. The van der Waals surface area contributed by atoms with Gasteiger partial charge in [-0.1, -0.05) is 12.1 Å². The van der Waals surface area contributed by atoms with Crippen molar-refractivity contribution >= 4 is 22.9 Å². The summed E-state index contributed by atoms with van der Waals surface area (Å²) in [4.78, 5) is 35.5. The molecule has 2 aromatic heterocycles. The maximum Gasteiger partial charge on any atom is 0.312 e. The number of esters is 1. The summed E-state index contributed by atoms with van der Waals surface area (Å²) in [6, 6.07) is 10.9. The number of fused-ring (bicyclic) bond motifs is 1. The van der Waals surface area contributed by atoms with Crippen LogP contribution in [-0.4, -0.2) is 55.6 Å². The normalized spacial score (nSPS) is 20.6. The zero-order chi connectivity index (χ0) is 20.7. The minimum Gasteiger partial charge on any atom is -0.505 e. The van der Waals surface area contributed by atoms with Crippen LogP contribution in [0.3, 0.4) is 0 Å². The van der Waals surface area contributed by atoms with Crippen molar-refractivity contribution in [2.45, 2.75) is 31.9 Å². The van der Waals surface area contributed by atoms with Gasteiger partial charge in [-0.05, 0) is 37.1 Å². The molecule has 0 saturated carbocycles. The SMILES string of the molecule is O=C(c1ncccc1O)N1CCC2(CC1)CC(Cn1cnc3ccccc31)OC2=O. The Hall–Kier alpha value is -3.42. The van der Waals surface area contributed by atoms with Gasteiger partial charge in [0.1, 0.15) is 11.9 Å². The molecule has 2 aliphatic heterocycles. The van der Waals surface area contributed by atoms with Crippen molar-refractivity contribution in [3.63, 3.8) is 0 Å². The van der Waals surface area contributed by atoms with E-state index in [1.807, 2.05) is 28.8 Å². The van der Waals surface area contributed by atoms with Gasteiger partial charge >= 0.3 is 5.97 Å². The van der Waals surface area contributed by atoms with E-state index in [2.05, 4.69) is 9.97 Å². The van der Waals surface area contributed by atoms with Crippen LogP contribution in [0.15, 0.2) is 48.9 Å². The van der Waals surface area contributed by atoms with Crippen molar-refractivity contribution in [2.24, 2.45) is 5.41 Å². The summed E-state index contributed by atoms with van der Waals surface area (Å²) in [6.07, 6.45) is 4.78. The molecule has 154 valence electrons. The Labute approximate surface area is 173 Å². The standard InChI is InChI=1S/C22H22N4O4/c27-18-6-3-9-23-19(18)20(28)25-10-7-22(8-11-25)12-15(30-21(22)29)13-26-14-24-16-4-1-2-5-17(16)26/h1-6,9,14-15,27H,7-8,10-13H2. The van der Waals surface area contributed by atoms with Crippen molar-refractivity contribution in [2.75, 3.05) is 13.1 Å². The van der Waals surface area contributed by atoms with Crippen molar-refractivity contribution < 1.29 is 19.4 Å². The predicted octanol–water partition coefficient (Wildman–Crippen LogP) is 2.38. The lowest BCUT2D eigenvalue weighted by Crippen LogP contribution is -2.45. The Morgan fingerprint density at radius 2 is 1.97 bits per heavy atom. The lowest BCUT2D eigenvalue weighted by Gasteiger charge is -2.36. The Morgan fingerprint density at radius 3 is 2.77 bits per heavy atom. The van der Waals surface area contributed by atoms with Crippen molar-refractivity contribution in [1.29, 1.82) is 0 Å². The highest BCUT2D eigenvalue weighted by molar-refractivity contribution is 5.95. The van der Waals surface area contributed by atoms with Gasteiger partial charge in [0.2, 0.25) is 0 Å². The number of nitrogens with zero attached hydrogens (tertiary/aromatic N) is 4. The topological polar surface area (TPSA) is 97.6 Å². The van der Waals surface area contributed by atoms with Gasteiger partial charge < -0.3 is 19.3 Å². The molecule has 1 atom stereocenters. The smallest absolute Gasteiger partial charge is 0.312 e. The monoisotopic (exact) mass is 406 g/mol. The first-order chi connectivity index (χ1) is 14.6. The molecule has 5 rings (SSSR count). The van der Waals surface area contributed by atoms with E-state index in [0.29, 0.717) is 38.9 Å². The quantitative estimate of drug-likeness (QED) is 0.671. The highest BCUT2D eigenvalue weighted by atomic mass is 16.6. The Kier molecular flexibility index (Phi) is 4.42. The molecule has 0 aliphatic carbocycles. The lowest BCUT2D eigenvalue weighted by atomic mass is 9.76. The molecule has 4 heterocycles. The number of para-hydroxylation sites is 2. The number of amides is 1. The summed E-state index contributed by atoms with van der Waals surface area (Å²) < 4.78 is 7.76. The largest absolute Gasteiger partial charge is 0.505 e. The van der Waals surface area contributed by atoms with Gasteiger partial charge in [0, 0.05) is 25.7 Å². The zero-order valence-electron chi connectivity index (χ0n) is 16.4. The van der Waals surface area contributed by atoms with Crippen LogP contribution >= 0.6 is 0 Å². The molecule has 2 fully saturated rings. The molecule has 1 amide bonds. The van der Waals surface area contributed by atoms with Crippen LogP contribution in [-0.2, 0) is 16.1 Å². The molecule has 1 N–H and O–H groups in total. The molecule has 1 spiro atoms. The van der Waals surface area contributed by atoms with Gasteiger partial charge in [-0.15, -0.1) is 0 Å². The van der Waals surface area contributed by atoms with Crippen LogP contribution in [0.25, 0.3) is 11.0 Å². The van der Waals surface area contributed by atoms with Crippen LogP contribution in [0.1, 0.15) is 29.8 Å². The molecule has 30 heavy (non-hydrogen) atoms. The molecule has 0 radical (unpaired) electrons. The Balaban J connectivity index is 1.26. The number of carbonyl (C=O) groups excluding carboxylic acids is 2. The van der Waals surface area contributed by atoms with Crippen molar-refractivity contribution in [3.8, 4) is 5.75 Å². The summed E-state index contributed by atoms with van der Waals surface area (Å²) in [6.45, 7) is 1.44. The minimum atomic E-state index is -0.552. The van der Waals surface area contributed by atoms with Gasteiger partial charge in [0.15, 0.2) is 5.69 Å². The van der Waals surface area contributed by atoms with Gasteiger partial charge in [-0.2, -0.15) is 0 Å². The van der Waals surface area contributed by atoms with Gasteiger partial charge in [-0.3, -0.25) is 9.59 Å². The number of imidazole rings is 1. The van der Waals surface area contributed by atoms with E-state index in [1.165, 1.54) is 12.3 Å². The second-order valence-corrected chi connectivity index (χ2v) is 8.06. The number of piperidine rings is 1. The van der Waals surface area contributed by atoms with E-state index < -0.39 is 5.41 Å². The van der Waals surface area contributed by atoms with Crippen molar-refractivity contribution in [1.82, 2.24) is 19.4 Å². The number of aromatic hydroxyl groups is 1. The van der Waals surface area contributed by atoms with Crippen LogP contribution in [0.4, 0.5) is 0 Å². The van der Waals surface area contributed by atoms with Crippen LogP contribution in [0.5, 0.6) is 5.75 Å². The number of hydrogen-bond donors (Lipinski definition) is 1. The third kappa shape index (κ3) is 3.08. The summed E-state index contributed by atoms with van der Waals surface area (Å²) in [5.74, 6) is -0.615. The first kappa shape index (κ1) is 18.6. The molecule has 1 unspecified atom stereocenters. The Morgan fingerprint density at radius 1 is 1.17 bits per heavy atom. The van der Waals surface area contributed by atoms with E-state index in [0.717, 1.165) is 11.0 Å². The molecule has 8 heteroatoms. The molecule has 3 aromatic rings. The number of hydrogen-bond acceptors (Lipinski definition) is 6. The third-order valence-corrected chi connectivity index (χ3v) is 6.25. The number of benzene rings is 1. The van der Waals surface area contributed by atoms with Gasteiger partial charge in [0.05, 0.1) is 29.3 Å². The second kappa shape index (κ2) is 7.12. The van der Waals surface area contributed by atoms with Crippen LogP contribution < -0.4 is 0 Å². The molecular weight excluding hydrogens is 384 g/mol. The second-order valence-electron chi connectivity index (χ2n) is 8.06. The van der Waals surface area contributed by atoms with E-state index in [9.17, 15) is 14.7 Å². The number of likely N-dealkylation sites (tertiary alicyclic amines) is 1. The van der Waals surface area contributed by atoms with Gasteiger partial charge in [-0.25, -0.2) is 9.97 Å². The summed E-state index contributed by atoms with van der Waals surface area (Å²) in [7, 11) is 0. The van der Waals surface area contributed by atoms with E-state index in [1.54, 1.807) is 17.3 Å². The first-order valence-electron chi connectivity index (χ1n) is 10.1. The van der Waals surface area contributed by atoms with Crippen LogP contribution in [0, 0.1) is 5.41 Å². The Bertz CT molecular complexity index is 1120. The fourth-order valence-corrected chi connectivity index (χ4v) is 4.57. The molecule has 0 bridgehead atoms. The average Bonchev–Trinajstić information content (AvgIpc) is 3.30.